The van der Waals surface area contributed by atoms with E-state index < -0.39 is 6.17 Å². The van der Waals surface area contributed by atoms with Crippen molar-refractivity contribution in [3.8, 4) is 0 Å². The summed E-state index contributed by atoms with van der Waals surface area (Å²) in [6, 6.07) is 8.34. The molecule has 1 N–H and O–H groups in total. The van der Waals surface area contributed by atoms with Crippen LogP contribution in [-0.2, 0) is 5.54 Å². The third-order valence-corrected chi connectivity index (χ3v) is 3.26. The maximum absolute atomic E-state index is 13.4. The Morgan fingerprint density at radius 2 is 2.19 bits per heavy atom. The number of benzene rings is 1. The van der Waals surface area contributed by atoms with Gasteiger partial charge in [-0.15, -0.1) is 12.4 Å². The highest BCUT2D eigenvalue weighted by Gasteiger charge is 2.33. The minimum Gasteiger partial charge on any atom is -0.307 e. The third kappa shape index (κ3) is 2.74. The zero-order chi connectivity index (χ0) is 10.9. The number of piperidine rings is 1. The second-order valence-electron chi connectivity index (χ2n) is 4.72. The van der Waals surface area contributed by atoms with E-state index in [9.17, 15) is 4.39 Å². The van der Waals surface area contributed by atoms with Crippen molar-refractivity contribution in [2.75, 3.05) is 6.54 Å². The summed E-state index contributed by atoms with van der Waals surface area (Å²) in [5, 5.41) is 3.43. The molecule has 0 radical (unpaired) electrons. The van der Waals surface area contributed by atoms with Gasteiger partial charge < -0.3 is 5.32 Å². The standard InChI is InChI=1S/C13H18FN.ClH/c1-10-4-3-5-11(8-10)13(2)9-12(14)6-7-15-13;/h3-5,8,12,15H,6-7,9H2,1-2H3;1H. The lowest BCUT2D eigenvalue weighted by Crippen LogP contribution is -2.47. The van der Waals surface area contributed by atoms with E-state index in [1.807, 2.05) is 6.07 Å². The van der Waals surface area contributed by atoms with Crippen LogP contribution in [0.5, 0.6) is 0 Å². The van der Waals surface area contributed by atoms with Gasteiger partial charge in [0.2, 0.25) is 0 Å². The van der Waals surface area contributed by atoms with E-state index in [0.29, 0.717) is 12.8 Å². The number of aryl methyl sites for hydroxylation is 1. The summed E-state index contributed by atoms with van der Waals surface area (Å²) in [6.07, 6.45) is 0.550. The van der Waals surface area contributed by atoms with Crippen molar-refractivity contribution in [3.63, 3.8) is 0 Å². The van der Waals surface area contributed by atoms with E-state index in [2.05, 4.69) is 37.4 Å². The molecule has 1 aromatic rings. The van der Waals surface area contributed by atoms with Gasteiger partial charge in [0.05, 0.1) is 0 Å². The van der Waals surface area contributed by atoms with Crippen molar-refractivity contribution in [1.29, 1.82) is 0 Å². The van der Waals surface area contributed by atoms with Crippen LogP contribution in [0, 0.1) is 6.92 Å². The van der Waals surface area contributed by atoms with Gasteiger partial charge in [-0.05, 0) is 32.4 Å². The SMILES string of the molecule is Cc1cccc(C2(C)CC(F)CCN2)c1.Cl. The number of halogens is 2. The minimum atomic E-state index is -0.670. The van der Waals surface area contributed by atoms with Gasteiger partial charge in [-0.1, -0.05) is 29.8 Å². The molecule has 2 atom stereocenters. The van der Waals surface area contributed by atoms with E-state index in [1.54, 1.807) is 0 Å². The molecule has 90 valence electrons. The fourth-order valence-corrected chi connectivity index (χ4v) is 2.33. The molecule has 16 heavy (non-hydrogen) atoms. The smallest absolute Gasteiger partial charge is 0.103 e. The van der Waals surface area contributed by atoms with Gasteiger partial charge >= 0.3 is 0 Å². The van der Waals surface area contributed by atoms with Gasteiger partial charge in [0.15, 0.2) is 0 Å². The lowest BCUT2D eigenvalue weighted by atomic mass is 9.83. The molecule has 2 unspecified atom stereocenters. The molecule has 2 rings (SSSR count). The number of hydrogen-bond donors (Lipinski definition) is 1. The first-order chi connectivity index (χ1) is 7.10. The average Bonchev–Trinajstić information content (AvgIpc) is 2.17. The number of nitrogens with one attached hydrogen (secondary N) is 1. The summed E-state index contributed by atoms with van der Waals surface area (Å²) in [4.78, 5) is 0. The molecule has 1 fully saturated rings. The predicted molar refractivity (Wildman–Crippen MR) is 67.9 cm³/mol. The van der Waals surface area contributed by atoms with Crippen LogP contribution in [-0.4, -0.2) is 12.7 Å². The van der Waals surface area contributed by atoms with Crippen LogP contribution >= 0.6 is 12.4 Å². The predicted octanol–water partition coefficient (Wildman–Crippen LogP) is 3.35. The van der Waals surface area contributed by atoms with Crippen molar-refractivity contribution >= 4 is 12.4 Å². The first-order valence-electron chi connectivity index (χ1n) is 5.56. The Bertz CT molecular complexity index is 356. The minimum absolute atomic E-state index is 0. The molecular formula is C13H19ClFN. The molecule has 0 aliphatic carbocycles. The molecule has 1 aromatic carbocycles. The van der Waals surface area contributed by atoms with E-state index in [1.165, 1.54) is 11.1 Å². The summed E-state index contributed by atoms with van der Waals surface area (Å²) >= 11 is 0. The quantitative estimate of drug-likeness (QED) is 0.798. The van der Waals surface area contributed by atoms with Crippen molar-refractivity contribution in [3.05, 3.63) is 35.4 Å². The fourth-order valence-electron chi connectivity index (χ4n) is 2.33. The highest BCUT2D eigenvalue weighted by atomic mass is 35.5. The van der Waals surface area contributed by atoms with Crippen molar-refractivity contribution in [2.24, 2.45) is 0 Å². The van der Waals surface area contributed by atoms with Crippen LogP contribution < -0.4 is 5.32 Å². The van der Waals surface area contributed by atoms with Crippen molar-refractivity contribution < 1.29 is 4.39 Å². The zero-order valence-corrected chi connectivity index (χ0v) is 10.6. The van der Waals surface area contributed by atoms with E-state index in [-0.39, 0.29) is 17.9 Å². The third-order valence-electron chi connectivity index (χ3n) is 3.26. The molecule has 0 amide bonds. The summed E-state index contributed by atoms with van der Waals surface area (Å²) < 4.78 is 13.4. The monoisotopic (exact) mass is 243 g/mol. The van der Waals surface area contributed by atoms with Gasteiger partial charge in [-0.25, -0.2) is 4.39 Å². The Balaban J connectivity index is 0.00000128. The molecule has 0 bridgehead atoms. The largest absolute Gasteiger partial charge is 0.307 e. The molecule has 0 aromatic heterocycles. The summed E-state index contributed by atoms with van der Waals surface area (Å²) in [5.41, 5.74) is 2.24. The summed E-state index contributed by atoms with van der Waals surface area (Å²) in [6.45, 7) is 4.93. The first-order valence-corrected chi connectivity index (χ1v) is 5.56. The molecule has 0 spiro atoms. The Morgan fingerprint density at radius 3 is 2.81 bits per heavy atom. The average molecular weight is 244 g/mol. The fraction of sp³-hybridized carbons (Fsp3) is 0.538. The van der Waals surface area contributed by atoms with Crippen molar-refractivity contribution in [2.45, 2.75) is 38.4 Å². The molecule has 0 saturated carbocycles. The van der Waals surface area contributed by atoms with Crippen LogP contribution in [0.2, 0.25) is 0 Å². The molecule has 1 aliphatic rings. The topological polar surface area (TPSA) is 12.0 Å². The lowest BCUT2D eigenvalue weighted by molar-refractivity contribution is 0.165. The van der Waals surface area contributed by atoms with Gasteiger partial charge in [-0.2, -0.15) is 0 Å². The normalized spacial score (nSPS) is 29.6. The van der Waals surface area contributed by atoms with E-state index in [4.69, 9.17) is 0 Å². The zero-order valence-electron chi connectivity index (χ0n) is 9.79. The number of alkyl halides is 1. The van der Waals surface area contributed by atoms with Crippen LogP contribution in [0.25, 0.3) is 0 Å². The van der Waals surface area contributed by atoms with Crippen LogP contribution in [0.1, 0.15) is 30.9 Å². The Hall–Kier alpha value is -0.600. The van der Waals surface area contributed by atoms with Crippen LogP contribution in [0.15, 0.2) is 24.3 Å². The molecule has 3 heteroatoms. The second-order valence-corrected chi connectivity index (χ2v) is 4.72. The van der Waals surface area contributed by atoms with Gasteiger partial charge in [-0.3, -0.25) is 0 Å². The maximum Gasteiger partial charge on any atom is 0.103 e. The molecule has 1 aliphatic heterocycles. The highest BCUT2D eigenvalue weighted by Crippen LogP contribution is 2.31. The lowest BCUT2D eigenvalue weighted by Gasteiger charge is -2.37. The van der Waals surface area contributed by atoms with Gasteiger partial charge in [0, 0.05) is 12.0 Å². The van der Waals surface area contributed by atoms with E-state index in [0.717, 1.165) is 6.54 Å². The maximum atomic E-state index is 13.4. The van der Waals surface area contributed by atoms with Crippen LogP contribution in [0.4, 0.5) is 4.39 Å². The molecular weight excluding hydrogens is 225 g/mol. The Kier molecular flexibility index (Phi) is 4.34. The molecule has 1 nitrogen and oxygen atoms in total. The Labute approximate surface area is 103 Å². The highest BCUT2D eigenvalue weighted by molar-refractivity contribution is 5.85. The molecule has 1 saturated heterocycles. The summed E-state index contributed by atoms with van der Waals surface area (Å²) in [5.74, 6) is 0. The van der Waals surface area contributed by atoms with Gasteiger partial charge in [0.1, 0.15) is 6.17 Å². The van der Waals surface area contributed by atoms with Crippen molar-refractivity contribution in [1.82, 2.24) is 5.32 Å². The molecule has 1 heterocycles. The first kappa shape index (κ1) is 13.5. The second kappa shape index (κ2) is 5.15. The number of rotatable bonds is 1. The van der Waals surface area contributed by atoms with E-state index >= 15 is 0 Å². The Morgan fingerprint density at radius 1 is 1.44 bits per heavy atom. The number of hydrogen-bond acceptors (Lipinski definition) is 1. The van der Waals surface area contributed by atoms with Crippen LogP contribution in [0.3, 0.4) is 0 Å². The van der Waals surface area contributed by atoms with Gasteiger partial charge in [0.25, 0.3) is 0 Å². The summed E-state index contributed by atoms with van der Waals surface area (Å²) in [7, 11) is 0.